The Bertz CT molecular complexity index is 456. The average molecular weight is 311 g/mol. The lowest BCUT2D eigenvalue weighted by Gasteiger charge is -2.23. The first-order valence-corrected chi connectivity index (χ1v) is 7.73. The zero-order valence-corrected chi connectivity index (χ0v) is 13.4. The summed E-state index contributed by atoms with van der Waals surface area (Å²) in [6.07, 6.45) is 2.55. The Hall–Kier alpha value is -1.10. The van der Waals surface area contributed by atoms with Gasteiger partial charge in [-0.05, 0) is 44.6 Å². The van der Waals surface area contributed by atoms with E-state index < -0.39 is 0 Å². The van der Waals surface area contributed by atoms with Gasteiger partial charge in [0.2, 0.25) is 5.91 Å². The second-order valence-electron chi connectivity index (χ2n) is 5.77. The van der Waals surface area contributed by atoms with E-state index in [1.807, 2.05) is 38.4 Å². The maximum absolute atomic E-state index is 12.2. The van der Waals surface area contributed by atoms with Gasteiger partial charge in [0.15, 0.2) is 0 Å². The molecule has 1 aliphatic rings. The number of benzene rings is 1. The van der Waals surface area contributed by atoms with E-state index in [1.165, 1.54) is 0 Å². The molecule has 21 heavy (non-hydrogen) atoms. The zero-order valence-electron chi connectivity index (χ0n) is 12.6. The molecule has 0 spiro atoms. The summed E-state index contributed by atoms with van der Waals surface area (Å²) in [5, 5.41) is 3.81. The largest absolute Gasteiger partial charge is 0.378 e. The van der Waals surface area contributed by atoms with E-state index in [9.17, 15) is 4.79 Å². The van der Waals surface area contributed by atoms with E-state index in [-0.39, 0.29) is 18.1 Å². The fraction of sp³-hybridized carbons (Fsp3) is 0.562. The molecule has 0 aliphatic carbocycles. The van der Waals surface area contributed by atoms with Crippen LogP contribution in [0.3, 0.4) is 0 Å². The molecule has 1 amide bonds. The van der Waals surface area contributed by atoms with Gasteiger partial charge in [0.05, 0.1) is 18.6 Å². The summed E-state index contributed by atoms with van der Waals surface area (Å²) in [6, 6.07) is 7.59. The minimum Gasteiger partial charge on any atom is -0.378 e. The molecular weight excluding hydrogens is 288 g/mol. The van der Waals surface area contributed by atoms with Crippen LogP contribution in [0.5, 0.6) is 0 Å². The van der Waals surface area contributed by atoms with Crippen molar-refractivity contribution in [2.45, 2.75) is 31.4 Å². The van der Waals surface area contributed by atoms with E-state index in [1.54, 1.807) is 0 Å². The molecule has 0 bridgehead atoms. The van der Waals surface area contributed by atoms with Crippen molar-refractivity contribution < 1.29 is 9.53 Å². The molecule has 1 aromatic carbocycles. The lowest BCUT2D eigenvalue weighted by Crippen LogP contribution is -2.36. The van der Waals surface area contributed by atoms with Gasteiger partial charge in [0.25, 0.3) is 0 Å². The number of hydrogen-bond donors (Lipinski definition) is 1. The fourth-order valence-corrected chi connectivity index (χ4v) is 2.69. The third-order valence-electron chi connectivity index (χ3n) is 3.59. The Morgan fingerprint density at radius 1 is 1.43 bits per heavy atom. The van der Waals surface area contributed by atoms with Crippen molar-refractivity contribution >= 4 is 17.5 Å². The van der Waals surface area contributed by atoms with Crippen LogP contribution in [0.2, 0.25) is 5.02 Å². The van der Waals surface area contributed by atoms with E-state index in [4.69, 9.17) is 16.3 Å². The van der Waals surface area contributed by atoms with Gasteiger partial charge in [-0.15, -0.1) is 0 Å². The summed E-state index contributed by atoms with van der Waals surface area (Å²) < 4.78 is 5.52. The van der Waals surface area contributed by atoms with Crippen LogP contribution in [0, 0.1) is 0 Å². The van der Waals surface area contributed by atoms with Crippen LogP contribution in [0.1, 0.15) is 30.9 Å². The number of amides is 1. The molecule has 2 rings (SSSR count). The highest BCUT2D eigenvalue weighted by Gasteiger charge is 2.21. The normalized spacial score (nSPS) is 19.7. The maximum Gasteiger partial charge on any atom is 0.223 e. The molecule has 5 heteroatoms. The van der Waals surface area contributed by atoms with E-state index in [2.05, 4.69) is 10.2 Å². The third kappa shape index (κ3) is 5.30. The summed E-state index contributed by atoms with van der Waals surface area (Å²) in [7, 11) is 3.99. The smallest absolute Gasteiger partial charge is 0.223 e. The molecule has 1 saturated heterocycles. The third-order valence-corrected chi connectivity index (χ3v) is 3.84. The zero-order chi connectivity index (χ0) is 15.2. The molecule has 0 radical (unpaired) electrons. The number of nitrogens with zero attached hydrogens (tertiary/aromatic N) is 1. The molecule has 0 saturated carbocycles. The molecule has 116 valence electrons. The lowest BCUT2D eigenvalue weighted by atomic mass is 10.1. The topological polar surface area (TPSA) is 41.6 Å². The highest BCUT2D eigenvalue weighted by Crippen LogP contribution is 2.19. The molecule has 2 atom stereocenters. The Morgan fingerprint density at radius 3 is 2.71 bits per heavy atom. The number of hydrogen-bond acceptors (Lipinski definition) is 3. The van der Waals surface area contributed by atoms with Gasteiger partial charge in [-0.3, -0.25) is 4.79 Å². The van der Waals surface area contributed by atoms with E-state index in [0.717, 1.165) is 31.6 Å². The molecular formula is C16H23ClN2O2. The summed E-state index contributed by atoms with van der Waals surface area (Å²) in [5.41, 5.74) is 1.06. The Kier molecular flexibility index (Phi) is 6.03. The number of rotatable bonds is 6. The molecule has 0 aromatic heterocycles. The van der Waals surface area contributed by atoms with Crippen molar-refractivity contribution in [2.75, 3.05) is 27.2 Å². The van der Waals surface area contributed by atoms with Crippen LogP contribution in [-0.2, 0) is 9.53 Å². The average Bonchev–Trinajstić information content (AvgIpc) is 2.91. The SMILES string of the molecule is CN(C)C[C@@H](NC(=O)C[C@@H]1CCCO1)c1ccc(Cl)cc1. The minimum atomic E-state index is -0.0360. The number of ether oxygens (including phenoxy) is 1. The number of halogens is 1. The second-order valence-corrected chi connectivity index (χ2v) is 6.21. The van der Waals surface area contributed by atoms with Gasteiger partial charge in [-0.1, -0.05) is 23.7 Å². The quantitative estimate of drug-likeness (QED) is 0.878. The van der Waals surface area contributed by atoms with Crippen molar-refractivity contribution in [1.29, 1.82) is 0 Å². The molecule has 1 aromatic rings. The highest BCUT2D eigenvalue weighted by molar-refractivity contribution is 6.30. The van der Waals surface area contributed by atoms with Crippen LogP contribution in [0.4, 0.5) is 0 Å². The number of nitrogens with one attached hydrogen (secondary N) is 1. The highest BCUT2D eigenvalue weighted by atomic mass is 35.5. The monoisotopic (exact) mass is 310 g/mol. The van der Waals surface area contributed by atoms with Gasteiger partial charge >= 0.3 is 0 Å². The summed E-state index contributed by atoms with van der Waals surface area (Å²) >= 11 is 5.93. The van der Waals surface area contributed by atoms with Gasteiger partial charge in [-0.25, -0.2) is 0 Å². The predicted octanol–water partition coefficient (Wildman–Crippen LogP) is 2.63. The van der Waals surface area contributed by atoms with Crippen LogP contribution in [0.15, 0.2) is 24.3 Å². The molecule has 1 N–H and O–H groups in total. The minimum absolute atomic E-state index is 0.0360. The molecule has 0 unspecified atom stereocenters. The first-order chi connectivity index (χ1) is 10.0. The molecule has 1 aliphatic heterocycles. The number of carbonyl (C=O) groups is 1. The van der Waals surface area contributed by atoms with Crippen LogP contribution >= 0.6 is 11.6 Å². The lowest BCUT2D eigenvalue weighted by molar-refractivity contribution is -0.124. The Morgan fingerprint density at radius 2 is 2.14 bits per heavy atom. The predicted molar refractivity (Wildman–Crippen MR) is 84.5 cm³/mol. The first kappa shape index (κ1) is 16.3. The van der Waals surface area contributed by atoms with Crippen LogP contribution < -0.4 is 5.32 Å². The van der Waals surface area contributed by atoms with Crippen molar-refractivity contribution in [3.05, 3.63) is 34.9 Å². The second kappa shape index (κ2) is 7.78. The van der Waals surface area contributed by atoms with Crippen molar-refractivity contribution in [3.8, 4) is 0 Å². The number of carbonyl (C=O) groups excluding carboxylic acids is 1. The maximum atomic E-state index is 12.2. The van der Waals surface area contributed by atoms with Crippen molar-refractivity contribution in [1.82, 2.24) is 10.2 Å². The first-order valence-electron chi connectivity index (χ1n) is 7.36. The number of likely N-dealkylation sites (N-methyl/N-ethyl adjacent to an activating group) is 1. The fourth-order valence-electron chi connectivity index (χ4n) is 2.56. The van der Waals surface area contributed by atoms with Crippen LogP contribution in [-0.4, -0.2) is 44.2 Å². The van der Waals surface area contributed by atoms with Crippen LogP contribution in [0.25, 0.3) is 0 Å². The van der Waals surface area contributed by atoms with Crippen molar-refractivity contribution in [3.63, 3.8) is 0 Å². The van der Waals surface area contributed by atoms with Crippen molar-refractivity contribution in [2.24, 2.45) is 0 Å². The molecule has 1 fully saturated rings. The molecule has 4 nitrogen and oxygen atoms in total. The van der Waals surface area contributed by atoms with Gasteiger partial charge in [0.1, 0.15) is 0 Å². The molecule has 1 heterocycles. The Balaban J connectivity index is 1.98. The summed E-state index contributed by atoms with van der Waals surface area (Å²) in [6.45, 7) is 1.52. The summed E-state index contributed by atoms with van der Waals surface area (Å²) in [4.78, 5) is 14.3. The van der Waals surface area contributed by atoms with Gasteiger partial charge < -0.3 is 15.0 Å². The standard InChI is InChI=1S/C16H23ClN2O2/c1-19(2)11-15(12-5-7-13(17)8-6-12)18-16(20)10-14-4-3-9-21-14/h5-8,14-15H,3-4,9-11H2,1-2H3,(H,18,20)/t14-,15+/m0/s1. The summed E-state index contributed by atoms with van der Waals surface area (Å²) in [5.74, 6) is 0.0451. The van der Waals surface area contributed by atoms with Gasteiger partial charge in [0, 0.05) is 18.2 Å². The Labute approximate surface area is 131 Å². The van der Waals surface area contributed by atoms with Gasteiger partial charge in [-0.2, -0.15) is 0 Å². The van der Waals surface area contributed by atoms with E-state index in [0.29, 0.717) is 11.4 Å². The van der Waals surface area contributed by atoms with E-state index >= 15 is 0 Å².